The van der Waals surface area contributed by atoms with Gasteiger partial charge in [0.05, 0.1) is 32.5 Å². The lowest BCUT2D eigenvalue weighted by Crippen LogP contribution is -2.56. The second-order valence-corrected chi connectivity index (χ2v) is 11.2. The monoisotopic (exact) mass is 532 g/mol. The molecule has 1 saturated carbocycles. The summed E-state index contributed by atoms with van der Waals surface area (Å²) in [5, 5.41) is 15.9. The molecule has 38 heavy (non-hydrogen) atoms. The van der Waals surface area contributed by atoms with Gasteiger partial charge >= 0.3 is 6.09 Å². The Labute approximate surface area is 226 Å². The minimum atomic E-state index is -0.890. The molecule has 0 bridgehead atoms. The second-order valence-electron chi connectivity index (χ2n) is 11.2. The fourth-order valence-electron chi connectivity index (χ4n) is 5.69. The largest absolute Gasteiger partial charge is 0.449 e. The molecule has 4 fully saturated rings. The number of alkyl carbamates (subject to hydrolysis) is 1. The van der Waals surface area contributed by atoms with Crippen LogP contribution in [0.25, 0.3) is 0 Å². The van der Waals surface area contributed by atoms with Gasteiger partial charge in [-0.25, -0.2) is 9.79 Å². The number of carbonyl (C=O) groups excluding carboxylic acids is 2. The van der Waals surface area contributed by atoms with Crippen molar-refractivity contribution in [2.75, 3.05) is 66.3 Å². The summed E-state index contributed by atoms with van der Waals surface area (Å²) >= 11 is 0. The van der Waals surface area contributed by atoms with Crippen LogP contribution in [0.15, 0.2) is 4.99 Å². The first-order chi connectivity index (χ1) is 18.5. The molecule has 2 amide bonds. The van der Waals surface area contributed by atoms with Gasteiger partial charge in [0.2, 0.25) is 11.9 Å². The molecule has 2 atom stereocenters. The molecule has 0 radical (unpaired) electrons. The van der Waals surface area contributed by atoms with Crippen molar-refractivity contribution in [2.45, 2.75) is 69.4 Å². The number of morpholine rings is 1. The van der Waals surface area contributed by atoms with Crippen molar-refractivity contribution in [3.05, 3.63) is 0 Å². The van der Waals surface area contributed by atoms with E-state index in [9.17, 15) is 14.9 Å². The lowest BCUT2D eigenvalue weighted by atomic mass is 9.84. The fraction of sp³-hybridized carbons (Fsp3) is 0.852. The Bertz CT molecular complexity index is 851. The van der Waals surface area contributed by atoms with Crippen molar-refractivity contribution >= 4 is 18.0 Å². The number of nitriles is 1. The standard InChI is InChI=1S/C27H44N6O5/c1-32-10-8-27(20-28,9-11-32)31-24(34)23(17-21-5-3-2-4-6-21)29-25(33-12-15-36-16-13-33)30-26(35)38-19-22-7-14-37-18-22/h21-23H,2-19H2,1H3,(H,31,34)(H,29,30,35)/t22?,23-/m0/s1. The number of guanidine groups is 1. The van der Waals surface area contributed by atoms with Crippen molar-refractivity contribution < 1.29 is 23.8 Å². The first-order valence-corrected chi connectivity index (χ1v) is 14.3. The number of ether oxygens (including phenoxy) is 3. The molecule has 3 saturated heterocycles. The highest BCUT2D eigenvalue weighted by atomic mass is 16.6. The molecule has 212 valence electrons. The Morgan fingerprint density at radius 3 is 2.45 bits per heavy atom. The molecule has 0 spiro atoms. The molecule has 3 aliphatic heterocycles. The van der Waals surface area contributed by atoms with Gasteiger partial charge in [-0.2, -0.15) is 5.26 Å². The smallest absolute Gasteiger partial charge is 0.413 e. The van der Waals surface area contributed by atoms with E-state index in [1.807, 2.05) is 11.9 Å². The van der Waals surface area contributed by atoms with Gasteiger partial charge in [-0.3, -0.25) is 10.1 Å². The van der Waals surface area contributed by atoms with E-state index < -0.39 is 17.7 Å². The Morgan fingerprint density at radius 2 is 1.79 bits per heavy atom. The third kappa shape index (κ3) is 8.29. The van der Waals surface area contributed by atoms with E-state index >= 15 is 0 Å². The predicted molar refractivity (Wildman–Crippen MR) is 141 cm³/mol. The minimum absolute atomic E-state index is 0.200. The fourth-order valence-corrected chi connectivity index (χ4v) is 5.69. The molecule has 0 aromatic heterocycles. The normalized spacial score (nSPS) is 25.8. The van der Waals surface area contributed by atoms with Gasteiger partial charge < -0.3 is 29.3 Å². The Kier molecular flexibility index (Phi) is 10.6. The summed E-state index contributed by atoms with van der Waals surface area (Å²) in [6.45, 7) is 5.22. The number of likely N-dealkylation sites (tertiary alicyclic amines) is 1. The molecule has 3 heterocycles. The molecule has 4 rings (SSSR count). The quantitative estimate of drug-likeness (QED) is 0.376. The van der Waals surface area contributed by atoms with E-state index in [4.69, 9.17) is 19.2 Å². The van der Waals surface area contributed by atoms with Crippen LogP contribution in [0.4, 0.5) is 4.79 Å². The Hall–Kier alpha value is -2.42. The third-order valence-electron chi connectivity index (χ3n) is 8.28. The number of hydrogen-bond donors (Lipinski definition) is 2. The van der Waals surface area contributed by atoms with Gasteiger partial charge in [-0.15, -0.1) is 0 Å². The van der Waals surface area contributed by atoms with E-state index in [-0.39, 0.29) is 18.4 Å². The molecule has 0 aromatic rings. The number of aliphatic imine (C=N–C) groups is 1. The highest BCUT2D eigenvalue weighted by Crippen LogP contribution is 2.29. The molecule has 0 aromatic carbocycles. The van der Waals surface area contributed by atoms with E-state index in [1.165, 1.54) is 6.42 Å². The summed E-state index contributed by atoms with van der Waals surface area (Å²) in [6.07, 6.45) is 7.72. The van der Waals surface area contributed by atoms with Crippen LogP contribution in [0.5, 0.6) is 0 Å². The van der Waals surface area contributed by atoms with E-state index in [1.54, 1.807) is 0 Å². The molecule has 4 aliphatic rings. The zero-order chi connectivity index (χ0) is 26.8. The average molecular weight is 533 g/mol. The number of rotatable bonds is 7. The van der Waals surface area contributed by atoms with Crippen molar-refractivity contribution in [2.24, 2.45) is 16.8 Å². The summed E-state index contributed by atoms with van der Waals surface area (Å²) in [5.74, 6) is 0.683. The Morgan fingerprint density at radius 1 is 1.05 bits per heavy atom. The zero-order valence-corrected chi connectivity index (χ0v) is 22.8. The number of nitrogens with one attached hydrogen (secondary N) is 2. The van der Waals surface area contributed by atoms with Crippen LogP contribution < -0.4 is 10.6 Å². The van der Waals surface area contributed by atoms with Crippen LogP contribution >= 0.6 is 0 Å². The molecular formula is C27H44N6O5. The Balaban J connectivity index is 1.51. The maximum absolute atomic E-state index is 13.8. The first kappa shape index (κ1) is 28.6. The van der Waals surface area contributed by atoms with Crippen LogP contribution in [0.3, 0.4) is 0 Å². The third-order valence-corrected chi connectivity index (χ3v) is 8.28. The van der Waals surface area contributed by atoms with Crippen molar-refractivity contribution in [1.82, 2.24) is 20.4 Å². The lowest BCUT2D eigenvalue weighted by Gasteiger charge is -2.37. The van der Waals surface area contributed by atoms with Gasteiger partial charge in [0.15, 0.2) is 0 Å². The van der Waals surface area contributed by atoms with Gasteiger partial charge in [0, 0.05) is 38.7 Å². The predicted octanol–water partition coefficient (Wildman–Crippen LogP) is 1.88. The van der Waals surface area contributed by atoms with E-state index in [2.05, 4.69) is 21.6 Å². The summed E-state index contributed by atoms with van der Waals surface area (Å²) in [4.78, 5) is 35.5. The molecular weight excluding hydrogens is 488 g/mol. The molecule has 1 aliphatic carbocycles. The average Bonchev–Trinajstić information content (AvgIpc) is 3.47. The van der Waals surface area contributed by atoms with Crippen LogP contribution in [0, 0.1) is 23.2 Å². The van der Waals surface area contributed by atoms with Gasteiger partial charge in [0.25, 0.3) is 0 Å². The second kappa shape index (κ2) is 14.1. The molecule has 11 nitrogen and oxygen atoms in total. The highest BCUT2D eigenvalue weighted by Gasteiger charge is 2.38. The van der Waals surface area contributed by atoms with Crippen LogP contribution in [-0.4, -0.2) is 106 Å². The first-order valence-electron chi connectivity index (χ1n) is 14.3. The molecule has 2 N–H and O–H groups in total. The topological polar surface area (TPSA) is 129 Å². The van der Waals surface area contributed by atoms with Crippen molar-refractivity contribution in [3.8, 4) is 6.07 Å². The van der Waals surface area contributed by atoms with E-state index in [0.29, 0.717) is 70.7 Å². The van der Waals surface area contributed by atoms with Crippen LogP contribution in [0.1, 0.15) is 57.8 Å². The summed E-state index contributed by atoms with van der Waals surface area (Å²) in [6, 6.07) is 1.68. The zero-order valence-electron chi connectivity index (χ0n) is 22.8. The summed E-state index contributed by atoms with van der Waals surface area (Å²) < 4.78 is 16.4. The van der Waals surface area contributed by atoms with Crippen LogP contribution in [-0.2, 0) is 19.0 Å². The minimum Gasteiger partial charge on any atom is -0.449 e. The van der Waals surface area contributed by atoms with Crippen LogP contribution in [0.2, 0.25) is 0 Å². The number of amides is 2. The van der Waals surface area contributed by atoms with E-state index in [0.717, 1.165) is 45.2 Å². The highest BCUT2D eigenvalue weighted by molar-refractivity contribution is 5.96. The van der Waals surface area contributed by atoms with Crippen molar-refractivity contribution in [1.29, 1.82) is 5.26 Å². The summed E-state index contributed by atoms with van der Waals surface area (Å²) in [5.41, 5.74) is -0.890. The lowest BCUT2D eigenvalue weighted by molar-refractivity contribution is -0.124. The summed E-state index contributed by atoms with van der Waals surface area (Å²) in [7, 11) is 2.03. The van der Waals surface area contributed by atoms with Gasteiger partial charge in [-0.05, 0) is 38.6 Å². The van der Waals surface area contributed by atoms with Gasteiger partial charge in [-0.1, -0.05) is 32.1 Å². The number of nitrogens with zero attached hydrogens (tertiary/aromatic N) is 4. The van der Waals surface area contributed by atoms with Gasteiger partial charge in [0.1, 0.15) is 11.6 Å². The number of piperidine rings is 1. The maximum Gasteiger partial charge on any atom is 0.413 e. The number of carbonyl (C=O) groups is 2. The molecule has 1 unspecified atom stereocenters. The van der Waals surface area contributed by atoms with Crippen molar-refractivity contribution in [3.63, 3.8) is 0 Å². The maximum atomic E-state index is 13.8. The SMILES string of the molecule is CN1CCC(C#N)(NC(=O)[C@H](CC2CCCCC2)N=C(NC(=O)OCC2CCOC2)N2CCOCC2)CC1. The number of hydrogen-bond acceptors (Lipinski definition) is 8. The molecule has 11 heteroatoms.